The molecule has 7 heteroatoms. The molecule has 0 saturated heterocycles. The molecule has 16 heavy (non-hydrogen) atoms. The third-order valence-corrected chi connectivity index (χ3v) is 1.79. The van der Waals surface area contributed by atoms with E-state index >= 15 is 0 Å². The molecule has 0 amide bonds. The standard InChI is InChI=1S/C9H5F3N2O2/c10-7-5(2-13)4(1-6(15)16)3-14-8(7)9(11)12/h3,9H,1H2,(H,15,16). The van der Waals surface area contributed by atoms with Gasteiger partial charge in [0.1, 0.15) is 11.8 Å². The van der Waals surface area contributed by atoms with Gasteiger partial charge in [-0.25, -0.2) is 13.2 Å². The van der Waals surface area contributed by atoms with Crippen LogP contribution >= 0.6 is 0 Å². The number of carbonyl (C=O) groups is 1. The van der Waals surface area contributed by atoms with Crippen molar-refractivity contribution >= 4 is 5.97 Å². The summed E-state index contributed by atoms with van der Waals surface area (Å²) in [5.74, 6) is -2.77. The second-order valence-corrected chi connectivity index (χ2v) is 2.84. The van der Waals surface area contributed by atoms with Crippen molar-refractivity contribution in [3.63, 3.8) is 0 Å². The van der Waals surface area contributed by atoms with Gasteiger partial charge >= 0.3 is 5.97 Å². The highest BCUT2D eigenvalue weighted by Gasteiger charge is 2.21. The fourth-order valence-corrected chi connectivity index (χ4v) is 1.11. The fourth-order valence-electron chi connectivity index (χ4n) is 1.11. The van der Waals surface area contributed by atoms with Gasteiger partial charge in [-0.3, -0.25) is 9.78 Å². The Morgan fingerprint density at radius 2 is 2.25 bits per heavy atom. The van der Waals surface area contributed by atoms with Gasteiger partial charge in [0.2, 0.25) is 0 Å². The quantitative estimate of drug-likeness (QED) is 0.856. The number of halogens is 3. The number of nitriles is 1. The number of rotatable bonds is 3. The minimum Gasteiger partial charge on any atom is -0.481 e. The average Bonchev–Trinajstić information content (AvgIpc) is 2.16. The van der Waals surface area contributed by atoms with Gasteiger partial charge in [-0.2, -0.15) is 5.26 Å². The predicted molar refractivity (Wildman–Crippen MR) is 45.2 cm³/mol. The lowest BCUT2D eigenvalue weighted by molar-refractivity contribution is -0.136. The van der Waals surface area contributed by atoms with Crippen molar-refractivity contribution in [3.05, 3.63) is 28.8 Å². The molecule has 0 unspecified atom stereocenters. The number of aliphatic carboxylic acids is 1. The van der Waals surface area contributed by atoms with Crippen LogP contribution in [0.15, 0.2) is 6.20 Å². The normalized spacial score (nSPS) is 10.2. The smallest absolute Gasteiger partial charge is 0.307 e. The van der Waals surface area contributed by atoms with Crippen LogP contribution in [-0.2, 0) is 11.2 Å². The van der Waals surface area contributed by atoms with E-state index in [1.165, 1.54) is 6.07 Å². The van der Waals surface area contributed by atoms with E-state index in [4.69, 9.17) is 10.4 Å². The first kappa shape index (κ1) is 12.0. The molecule has 1 heterocycles. The summed E-state index contributed by atoms with van der Waals surface area (Å²) in [7, 11) is 0. The first-order chi connectivity index (χ1) is 7.47. The molecule has 1 rings (SSSR count). The number of alkyl halides is 2. The molecule has 0 saturated carbocycles. The van der Waals surface area contributed by atoms with E-state index in [0.29, 0.717) is 0 Å². The van der Waals surface area contributed by atoms with E-state index < -0.39 is 35.9 Å². The Morgan fingerprint density at radius 1 is 1.62 bits per heavy atom. The third kappa shape index (κ3) is 2.28. The molecule has 1 aromatic heterocycles. The summed E-state index contributed by atoms with van der Waals surface area (Å²) in [6, 6.07) is 1.35. The maximum absolute atomic E-state index is 13.3. The molecule has 0 bridgehead atoms. The first-order valence-corrected chi connectivity index (χ1v) is 4.04. The van der Waals surface area contributed by atoms with Gasteiger partial charge < -0.3 is 5.11 Å². The summed E-state index contributed by atoms with van der Waals surface area (Å²) in [6.07, 6.45) is -3.01. The molecule has 0 fully saturated rings. The minimum atomic E-state index is -3.15. The molecule has 0 aromatic carbocycles. The molecule has 1 N–H and O–H groups in total. The minimum absolute atomic E-state index is 0.225. The van der Waals surface area contributed by atoms with E-state index in [0.717, 1.165) is 6.20 Å². The molecule has 84 valence electrons. The van der Waals surface area contributed by atoms with Crippen LogP contribution < -0.4 is 0 Å². The van der Waals surface area contributed by atoms with Gasteiger partial charge in [-0.05, 0) is 0 Å². The molecule has 0 aliphatic heterocycles. The van der Waals surface area contributed by atoms with E-state index in [1.807, 2.05) is 0 Å². The molecule has 0 aliphatic rings. The SMILES string of the molecule is N#Cc1c(CC(=O)O)cnc(C(F)F)c1F. The number of hydrogen-bond donors (Lipinski definition) is 1. The number of hydrogen-bond acceptors (Lipinski definition) is 3. The lowest BCUT2D eigenvalue weighted by atomic mass is 10.1. The highest BCUT2D eigenvalue weighted by atomic mass is 19.3. The van der Waals surface area contributed by atoms with E-state index in [9.17, 15) is 18.0 Å². The zero-order chi connectivity index (χ0) is 12.3. The number of nitrogens with zero attached hydrogens (tertiary/aromatic N) is 2. The van der Waals surface area contributed by atoms with Crippen molar-refractivity contribution in [1.82, 2.24) is 4.98 Å². The summed E-state index contributed by atoms with van der Waals surface area (Å²) in [5.41, 5.74) is -2.07. The van der Waals surface area contributed by atoms with Crippen molar-refractivity contribution in [1.29, 1.82) is 5.26 Å². The Hall–Kier alpha value is -2.10. The number of carboxylic acids is 1. The Kier molecular flexibility index (Phi) is 3.45. The summed E-state index contributed by atoms with van der Waals surface area (Å²) >= 11 is 0. The molecule has 0 spiro atoms. The van der Waals surface area contributed by atoms with Crippen molar-refractivity contribution in [2.24, 2.45) is 0 Å². The van der Waals surface area contributed by atoms with E-state index in [-0.39, 0.29) is 5.56 Å². The Morgan fingerprint density at radius 3 is 2.69 bits per heavy atom. The highest BCUT2D eigenvalue weighted by molar-refractivity contribution is 5.71. The summed E-state index contributed by atoms with van der Waals surface area (Å²) in [6.45, 7) is 0. The summed E-state index contributed by atoms with van der Waals surface area (Å²) < 4.78 is 37.7. The van der Waals surface area contributed by atoms with Crippen LogP contribution in [0.3, 0.4) is 0 Å². The zero-order valence-electron chi connectivity index (χ0n) is 7.75. The molecule has 0 atom stereocenters. The Labute approximate surface area is 88.0 Å². The topological polar surface area (TPSA) is 74.0 Å². The zero-order valence-corrected chi connectivity index (χ0v) is 7.75. The van der Waals surface area contributed by atoms with Gasteiger partial charge in [0.05, 0.1) is 12.0 Å². The van der Waals surface area contributed by atoms with Crippen LogP contribution in [0.4, 0.5) is 13.2 Å². The van der Waals surface area contributed by atoms with Gasteiger partial charge in [0.25, 0.3) is 6.43 Å². The van der Waals surface area contributed by atoms with Gasteiger partial charge in [-0.1, -0.05) is 0 Å². The van der Waals surface area contributed by atoms with Crippen LogP contribution in [0.2, 0.25) is 0 Å². The van der Waals surface area contributed by atoms with Crippen molar-refractivity contribution < 1.29 is 23.1 Å². The third-order valence-electron chi connectivity index (χ3n) is 1.79. The van der Waals surface area contributed by atoms with Crippen molar-refractivity contribution in [2.75, 3.05) is 0 Å². The molecule has 1 aromatic rings. The van der Waals surface area contributed by atoms with E-state index in [2.05, 4.69) is 4.98 Å². The number of pyridine rings is 1. The first-order valence-electron chi connectivity index (χ1n) is 4.04. The molecular formula is C9H5F3N2O2. The lowest BCUT2D eigenvalue weighted by Gasteiger charge is -2.05. The van der Waals surface area contributed by atoms with Gasteiger partial charge in [0, 0.05) is 11.8 Å². The lowest BCUT2D eigenvalue weighted by Crippen LogP contribution is -2.07. The highest BCUT2D eigenvalue weighted by Crippen LogP contribution is 2.23. The fraction of sp³-hybridized carbons (Fsp3) is 0.222. The second-order valence-electron chi connectivity index (χ2n) is 2.84. The monoisotopic (exact) mass is 230 g/mol. The van der Waals surface area contributed by atoms with Crippen molar-refractivity contribution in [3.8, 4) is 6.07 Å². The number of aromatic nitrogens is 1. The second kappa shape index (κ2) is 4.61. The van der Waals surface area contributed by atoms with Gasteiger partial charge in [0.15, 0.2) is 5.82 Å². The van der Waals surface area contributed by atoms with Crippen LogP contribution in [0.5, 0.6) is 0 Å². The van der Waals surface area contributed by atoms with Crippen LogP contribution in [-0.4, -0.2) is 16.1 Å². The molecular weight excluding hydrogens is 225 g/mol. The molecule has 0 aliphatic carbocycles. The molecule has 0 radical (unpaired) electrons. The predicted octanol–water partition coefficient (Wildman–Crippen LogP) is 1.66. The average molecular weight is 230 g/mol. The van der Waals surface area contributed by atoms with E-state index in [1.54, 1.807) is 0 Å². The largest absolute Gasteiger partial charge is 0.481 e. The maximum atomic E-state index is 13.3. The Balaban J connectivity index is 3.31. The maximum Gasteiger partial charge on any atom is 0.307 e. The van der Waals surface area contributed by atoms with Crippen LogP contribution in [0.25, 0.3) is 0 Å². The number of carboxylic acid groups (broad SMARTS) is 1. The van der Waals surface area contributed by atoms with Crippen molar-refractivity contribution in [2.45, 2.75) is 12.8 Å². The summed E-state index contributed by atoms with van der Waals surface area (Å²) in [4.78, 5) is 13.5. The van der Waals surface area contributed by atoms with Crippen LogP contribution in [0.1, 0.15) is 23.2 Å². The summed E-state index contributed by atoms with van der Waals surface area (Å²) in [5, 5.41) is 17.0. The Bertz CT molecular complexity index is 469. The van der Waals surface area contributed by atoms with Crippen LogP contribution in [0, 0.1) is 17.1 Å². The van der Waals surface area contributed by atoms with Gasteiger partial charge in [-0.15, -0.1) is 0 Å². The molecule has 4 nitrogen and oxygen atoms in total.